The summed E-state index contributed by atoms with van der Waals surface area (Å²) in [5, 5.41) is 7.24. The molecule has 0 amide bonds. The van der Waals surface area contributed by atoms with E-state index >= 15 is 0 Å². The minimum absolute atomic E-state index is 0.235. The first kappa shape index (κ1) is 16.0. The lowest BCUT2D eigenvalue weighted by molar-refractivity contribution is 0.131. The molecule has 0 atom stereocenters. The fourth-order valence-electron chi connectivity index (χ4n) is 2.59. The van der Waals surface area contributed by atoms with E-state index in [0.29, 0.717) is 0 Å². The fraction of sp³-hybridized carbons (Fsp3) is 0.278. The van der Waals surface area contributed by atoms with Crippen molar-refractivity contribution in [2.24, 2.45) is 5.10 Å². The lowest BCUT2D eigenvalue weighted by Crippen LogP contribution is -2.43. The van der Waals surface area contributed by atoms with Crippen molar-refractivity contribution in [3.05, 3.63) is 70.5 Å². The Morgan fingerprint density at radius 1 is 1.04 bits per heavy atom. The van der Waals surface area contributed by atoms with Gasteiger partial charge in [0, 0.05) is 37.7 Å². The maximum Gasteiger partial charge on any atom is 0.123 e. The van der Waals surface area contributed by atoms with E-state index < -0.39 is 0 Å². The van der Waals surface area contributed by atoms with Gasteiger partial charge in [0.2, 0.25) is 0 Å². The molecule has 2 aromatic carbocycles. The maximum absolute atomic E-state index is 13.1. The van der Waals surface area contributed by atoms with Crippen molar-refractivity contribution in [1.82, 2.24) is 9.91 Å². The van der Waals surface area contributed by atoms with E-state index in [4.69, 9.17) is 11.6 Å². The van der Waals surface area contributed by atoms with Crippen LogP contribution < -0.4 is 0 Å². The zero-order valence-electron chi connectivity index (χ0n) is 12.8. The van der Waals surface area contributed by atoms with Crippen LogP contribution in [0.25, 0.3) is 0 Å². The largest absolute Gasteiger partial charge is 0.295 e. The predicted octanol–water partition coefficient (Wildman–Crippen LogP) is 3.63. The highest BCUT2D eigenvalue weighted by atomic mass is 35.5. The van der Waals surface area contributed by atoms with Gasteiger partial charge in [-0.05, 0) is 35.4 Å². The van der Waals surface area contributed by atoms with Gasteiger partial charge in [0.1, 0.15) is 5.82 Å². The molecule has 1 aliphatic rings. The van der Waals surface area contributed by atoms with E-state index in [1.807, 2.05) is 23.2 Å². The molecule has 0 radical (unpaired) electrons. The Morgan fingerprint density at radius 2 is 1.78 bits per heavy atom. The van der Waals surface area contributed by atoms with Crippen molar-refractivity contribution in [1.29, 1.82) is 0 Å². The van der Waals surface area contributed by atoms with Crippen LogP contribution in [0.3, 0.4) is 0 Å². The van der Waals surface area contributed by atoms with Crippen LogP contribution in [0.5, 0.6) is 0 Å². The zero-order chi connectivity index (χ0) is 16.1. The van der Waals surface area contributed by atoms with E-state index in [1.54, 1.807) is 12.3 Å². The minimum atomic E-state index is -0.235. The lowest BCUT2D eigenvalue weighted by Gasteiger charge is -2.33. The first-order valence-corrected chi connectivity index (χ1v) is 8.08. The van der Waals surface area contributed by atoms with E-state index in [1.165, 1.54) is 17.7 Å². The Morgan fingerprint density at radius 3 is 2.48 bits per heavy atom. The van der Waals surface area contributed by atoms with E-state index in [2.05, 4.69) is 22.1 Å². The number of hydrazone groups is 1. The average Bonchev–Trinajstić information content (AvgIpc) is 2.56. The van der Waals surface area contributed by atoms with Gasteiger partial charge in [0.15, 0.2) is 0 Å². The second kappa shape index (κ2) is 7.57. The molecule has 1 heterocycles. The summed E-state index contributed by atoms with van der Waals surface area (Å²) in [7, 11) is 0. The molecule has 1 fully saturated rings. The summed E-state index contributed by atoms with van der Waals surface area (Å²) >= 11 is 5.91. The van der Waals surface area contributed by atoms with Gasteiger partial charge in [-0.2, -0.15) is 5.10 Å². The summed E-state index contributed by atoms with van der Waals surface area (Å²) in [6.45, 7) is 4.60. The van der Waals surface area contributed by atoms with Crippen LogP contribution >= 0.6 is 11.6 Å². The highest BCUT2D eigenvalue weighted by Gasteiger charge is 2.15. The maximum atomic E-state index is 13.1. The van der Waals surface area contributed by atoms with Crippen molar-refractivity contribution < 1.29 is 4.39 Å². The summed E-state index contributed by atoms with van der Waals surface area (Å²) < 4.78 is 13.1. The molecule has 0 N–H and O–H groups in total. The minimum Gasteiger partial charge on any atom is -0.295 e. The first-order valence-electron chi connectivity index (χ1n) is 7.70. The molecule has 0 spiro atoms. The third kappa shape index (κ3) is 4.78. The Kier molecular flexibility index (Phi) is 5.26. The summed E-state index contributed by atoms with van der Waals surface area (Å²) in [6, 6.07) is 14.5. The number of hydrogen-bond donors (Lipinski definition) is 0. The van der Waals surface area contributed by atoms with Crippen LogP contribution in [-0.2, 0) is 6.54 Å². The molecule has 120 valence electrons. The topological polar surface area (TPSA) is 18.8 Å². The van der Waals surface area contributed by atoms with E-state index in [-0.39, 0.29) is 5.82 Å². The molecule has 0 aliphatic carbocycles. The van der Waals surface area contributed by atoms with Crippen LogP contribution in [0.2, 0.25) is 5.02 Å². The van der Waals surface area contributed by atoms with Crippen molar-refractivity contribution in [3.8, 4) is 0 Å². The number of rotatable bonds is 4. The SMILES string of the molecule is Fc1cccc(/C=N\N2CCN(Cc3ccc(Cl)cc3)CC2)c1. The summed E-state index contributed by atoms with van der Waals surface area (Å²) in [6.07, 6.45) is 1.72. The van der Waals surface area contributed by atoms with Gasteiger partial charge in [0.25, 0.3) is 0 Å². The second-order valence-electron chi connectivity index (χ2n) is 5.66. The van der Waals surface area contributed by atoms with Gasteiger partial charge in [-0.25, -0.2) is 4.39 Å². The molecule has 0 saturated carbocycles. The highest BCUT2D eigenvalue weighted by molar-refractivity contribution is 6.30. The summed E-state index contributed by atoms with van der Waals surface area (Å²) in [5.41, 5.74) is 2.06. The predicted molar refractivity (Wildman–Crippen MR) is 92.3 cm³/mol. The van der Waals surface area contributed by atoms with E-state index in [0.717, 1.165) is 43.3 Å². The number of piperazine rings is 1. The van der Waals surface area contributed by atoms with E-state index in [9.17, 15) is 4.39 Å². The summed E-state index contributed by atoms with van der Waals surface area (Å²) in [5.74, 6) is -0.235. The molecule has 0 aromatic heterocycles. The number of halogens is 2. The average molecular weight is 332 g/mol. The molecule has 1 aliphatic heterocycles. The Bertz CT molecular complexity index is 664. The normalized spacial score (nSPS) is 16.2. The fourth-order valence-corrected chi connectivity index (χ4v) is 2.72. The van der Waals surface area contributed by atoms with Crippen LogP contribution in [0, 0.1) is 5.82 Å². The molecule has 1 saturated heterocycles. The van der Waals surface area contributed by atoms with Crippen LogP contribution in [0.4, 0.5) is 4.39 Å². The van der Waals surface area contributed by atoms with Gasteiger partial charge in [-0.1, -0.05) is 35.9 Å². The molecule has 0 unspecified atom stereocenters. The van der Waals surface area contributed by atoms with Crippen LogP contribution in [0.1, 0.15) is 11.1 Å². The monoisotopic (exact) mass is 331 g/mol. The molecule has 3 nitrogen and oxygen atoms in total. The molecule has 0 bridgehead atoms. The number of benzene rings is 2. The smallest absolute Gasteiger partial charge is 0.123 e. The third-order valence-corrected chi connectivity index (χ3v) is 4.14. The van der Waals surface area contributed by atoms with Gasteiger partial charge < -0.3 is 0 Å². The lowest BCUT2D eigenvalue weighted by atomic mass is 10.2. The Hall–Kier alpha value is -1.91. The van der Waals surface area contributed by atoms with Crippen molar-refractivity contribution in [3.63, 3.8) is 0 Å². The second-order valence-corrected chi connectivity index (χ2v) is 6.09. The third-order valence-electron chi connectivity index (χ3n) is 3.89. The van der Waals surface area contributed by atoms with Gasteiger partial charge in [-0.15, -0.1) is 0 Å². The van der Waals surface area contributed by atoms with Gasteiger partial charge in [-0.3, -0.25) is 9.91 Å². The van der Waals surface area contributed by atoms with Crippen molar-refractivity contribution in [2.45, 2.75) is 6.54 Å². The van der Waals surface area contributed by atoms with Crippen LogP contribution in [0.15, 0.2) is 53.6 Å². The molecule has 23 heavy (non-hydrogen) atoms. The molecular formula is C18H19ClFN3. The zero-order valence-corrected chi connectivity index (χ0v) is 13.6. The quantitative estimate of drug-likeness (QED) is 0.797. The number of hydrogen-bond acceptors (Lipinski definition) is 3. The Balaban J connectivity index is 1.49. The van der Waals surface area contributed by atoms with Gasteiger partial charge in [0.05, 0.1) is 6.21 Å². The standard InChI is InChI=1S/C18H19ClFN3/c19-17-6-4-15(5-7-17)14-22-8-10-23(11-9-22)21-13-16-2-1-3-18(20)12-16/h1-7,12-13H,8-11,14H2/b21-13-. The highest BCUT2D eigenvalue weighted by Crippen LogP contribution is 2.13. The summed E-state index contributed by atoms with van der Waals surface area (Å²) in [4.78, 5) is 2.40. The molecule has 3 rings (SSSR count). The van der Waals surface area contributed by atoms with Crippen molar-refractivity contribution >= 4 is 17.8 Å². The first-order chi connectivity index (χ1) is 11.2. The van der Waals surface area contributed by atoms with Crippen molar-refractivity contribution in [2.75, 3.05) is 26.2 Å². The van der Waals surface area contributed by atoms with Gasteiger partial charge >= 0.3 is 0 Å². The van der Waals surface area contributed by atoms with Crippen LogP contribution in [-0.4, -0.2) is 42.3 Å². The molecular weight excluding hydrogens is 313 g/mol. The molecule has 2 aromatic rings. The molecule has 5 heteroatoms. The number of nitrogens with zero attached hydrogens (tertiary/aromatic N) is 3. The Labute approximate surface area is 141 Å².